The van der Waals surface area contributed by atoms with Gasteiger partial charge in [0.15, 0.2) is 0 Å². The van der Waals surface area contributed by atoms with Crippen molar-refractivity contribution in [1.29, 1.82) is 0 Å². The first-order chi connectivity index (χ1) is 20.8. The van der Waals surface area contributed by atoms with E-state index in [1.54, 1.807) is 40.9 Å². The molecule has 1 aromatic heterocycles. The van der Waals surface area contributed by atoms with Crippen molar-refractivity contribution in [2.45, 2.75) is 79.2 Å². The molecule has 0 saturated heterocycles. The minimum atomic E-state index is -4.79. The van der Waals surface area contributed by atoms with Crippen molar-refractivity contribution in [3.63, 3.8) is 0 Å². The minimum absolute atomic E-state index is 0.0449. The Bertz CT molecular complexity index is 1620. The summed E-state index contributed by atoms with van der Waals surface area (Å²) < 4.78 is 58.1. The van der Waals surface area contributed by atoms with Crippen LogP contribution in [0.2, 0.25) is 0 Å². The number of nitrogens with zero attached hydrogens (tertiary/aromatic N) is 2. The Hall–Kier alpha value is -3.99. The predicted octanol–water partition coefficient (Wildman–Crippen LogP) is 6.89. The molecule has 3 rings (SSSR count). The van der Waals surface area contributed by atoms with Gasteiger partial charge in [-0.2, -0.15) is 13.2 Å². The zero-order valence-corrected chi connectivity index (χ0v) is 26.9. The van der Waals surface area contributed by atoms with Crippen LogP contribution in [-0.2, 0) is 22.3 Å². The van der Waals surface area contributed by atoms with E-state index in [0.717, 1.165) is 33.0 Å². The highest BCUT2D eigenvalue weighted by Crippen LogP contribution is 2.35. The number of carboxylic acid groups (broad SMARTS) is 1. The number of carboxylic acids is 1. The number of aromatic nitrogens is 1. The molecule has 0 saturated carbocycles. The largest absolute Gasteiger partial charge is 0.481 e. The summed E-state index contributed by atoms with van der Waals surface area (Å²) in [5.74, 6) is -2.98. The van der Waals surface area contributed by atoms with E-state index < -0.39 is 53.5 Å². The summed E-state index contributed by atoms with van der Waals surface area (Å²) in [7, 11) is 3.16. The summed E-state index contributed by atoms with van der Waals surface area (Å²) in [6.45, 7) is 10.8. The number of carbonyl (C=O) groups is 2. The van der Waals surface area contributed by atoms with Gasteiger partial charge in [-0.1, -0.05) is 31.5 Å². The maximum Gasteiger partial charge on any atom is 0.416 e. The fourth-order valence-electron chi connectivity index (χ4n) is 5.87. The monoisotopic (exact) mass is 631 g/mol. The van der Waals surface area contributed by atoms with Gasteiger partial charge in [0.1, 0.15) is 11.9 Å². The lowest BCUT2D eigenvalue weighted by Crippen LogP contribution is -2.41. The third-order valence-electron chi connectivity index (χ3n) is 7.61. The topological polar surface area (TPSA) is 91.6 Å². The van der Waals surface area contributed by atoms with E-state index in [0.29, 0.717) is 11.6 Å². The number of aryl methyl sites for hydroxylation is 4. The van der Waals surface area contributed by atoms with Crippen molar-refractivity contribution in [2.75, 3.05) is 14.1 Å². The summed E-state index contributed by atoms with van der Waals surface area (Å²) in [5, 5.41) is 12.4. The number of halogens is 4. The SMILES string of the molecule is Cc1cc(C)c(-c2cc(C)c(F)c([C@H](CC(=O)O)NC(=O)C(CC(C)C)n3cc(CN(C)C)c(C(F)(F)F)cc3=O)c2)c(C)c1. The smallest absolute Gasteiger partial charge is 0.416 e. The molecule has 3 aromatic rings. The Labute approximate surface area is 260 Å². The number of nitrogens with one attached hydrogen (secondary N) is 1. The van der Waals surface area contributed by atoms with Crippen LogP contribution >= 0.6 is 0 Å². The van der Waals surface area contributed by atoms with Crippen molar-refractivity contribution in [2.24, 2.45) is 5.92 Å². The fourth-order valence-corrected chi connectivity index (χ4v) is 5.87. The molecule has 2 atom stereocenters. The van der Waals surface area contributed by atoms with Crippen LogP contribution in [0, 0.1) is 39.4 Å². The number of pyridine rings is 1. The summed E-state index contributed by atoms with van der Waals surface area (Å²) in [6.07, 6.45) is -4.36. The van der Waals surface area contributed by atoms with Crippen LogP contribution in [0.15, 0.2) is 41.3 Å². The van der Waals surface area contributed by atoms with Crippen LogP contribution in [0.25, 0.3) is 11.1 Å². The molecule has 0 fully saturated rings. The van der Waals surface area contributed by atoms with Crippen molar-refractivity contribution in [3.8, 4) is 11.1 Å². The van der Waals surface area contributed by atoms with Gasteiger partial charge in [0.05, 0.1) is 18.0 Å². The number of aliphatic carboxylic acids is 1. The summed E-state index contributed by atoms with van der Waals surface area (Å²) in [6, 6.07) is 5.02. The number of rotatable bonds is 11. The molecule has 0 aliphatic rings. The molecule has 0 bridgehead atoms. The number of carbonyl (C=O) groups excluding carboxylic acids is 1. The maximum atomic E-state index is 15.7. The van der Waals surface area contributed by atoms with Gasteiger partial charge < -0.3 is 19.9 Å². The van der Waals surface area contributed by atoms with Gasteiger partial charge in [0, 0.05) is 24.4 Å². The van der Waals surface area contributed by atoms with Crippen molar-refractivity contribution in [1.82, 2.24) is 14.8 Å². The highest BCUT2D eigenvalue weighted by molar-refractivity contribution is 5.82. The summed E-state index contributed by atoms with van der Waals surface area (Å²) in [4.78, 5) is 40.5. The molecule has 0 radical (unpaired) electrons. The van der Waals surface area contributed by atoms with E-state index in [4.69, 9.17) is 0 Å². The molecular formula is C34H41F4N3O4. The Kier molecular flexibility index (Phi) is 11.0. The molecule has 45 heavy (non-hydrogen) atoms. The van der Waals surface area contributed by atoms with E-state index in [2.05, 4.69) is 5.32 Å². The molecule has 0 aliphatic carbocycles. The van der Waals surface area contributed by atoms with Gasteiger partial charge in [-0.15, -0.1) is 0 Å². The van der Waals surface area contributed by atoms with E-state index in [9.17, 15) is 32.7 Å². The Balaban J connectivity index is 2.16. The van der Waals surface area contributed by atoms with Crippen molar-refractivity contribution < 1.29 is 32.3 Å². The maximum absolute atomic E-state index is 15.7. The molecule has 2 aromatic carbocycles. The standard InChI is InChI=1S/C34H41F4N3O4/c1-18(2)9-28(41-17-24(16-40(7)8)26(14-29(41)42)34(36,37)38)33(45)39-27(15-30(43)44)25-13-23(12-22(6)32(25)35)31-20(4)10-19(3)11-21(31)5/h10-14,17-18,27-28H,9,15-16H2,1-8H3,(H,39,45)(H,43,44)/t27-,28?/m0/s1. The number of benzene rings is 2. The Morgan fingerprint density at radius 3 is 2.09 bits per heavy atom. The normalized spacial score (nSPS) is 13.3. The van der Waals surface area contributed by atoms with Gasteiger partial charge in [-0.05, 0) is 99.6 Å². The molecule has 1 heterocycles. The lowest BCUT2D eigenvalue weighted by atomic mass is 9.89. The van der Waals surface area contributed by atoms with E-state index >= 15 is 4.39 Å². The molecule has 0 spiro atoms. The number of alkyl halides is 3. The Morgan fingerprint density at radius 1 is 0.978 bits per heavy atom. The Morgan fingerprint density at radius 2 is 1.58 bits per heavy atom. The van der Waals surface area contributed by atoms with Crippen molar-refractivity contribution >= 4 is 11.9 Å². The molecule has 11 heteroatoms. The van der Waals surface area contributed by atoms with Gasteiger partial charge in [-0.3, -0.25) is 14.4 Å². The average molecular weight is 632 g/mol. The second-order valence-electron chi connectivity index (χ2n) is 12.5. The van der Waals surface area contributed by atoms with Gasteiger partial charge in [-0.25, -0.2) is 4.39 Å². The minimum Gasteiger partial charge on any atom is -0.481 e. The molecule has 0 aliphatic heterocycles. The molecule has 244 valence electrons. The van der Waals surface area contributed by atoms with Gasteiger partial charge in [0.25, 0.3) is 5.56 Å². The van der Waals surface area contributed by atoms with E-state index in [-0.39, 0.29) is 35.6 Å². The zero-order chi connectivity index (χ0) is 34.0. The lowest BCUT2D eigenvalue weighted by molar-refractivity contribution is -0.139. The molecule has 2 N–H and O–H groups in total. The quantitative estimate of drug-likeness (QED) is 0.225. The highest BCUT2D eigenvalue weighted by atomic mass is 19.4. The molecule has 1 amide bonds. The van der Waals surface area contributed by atoms with Gasteiger partial charge >= 0.3 is 12.1 Å². The lowest BCUT2D eigenvalue weighted by Gasteiger charge is -2.27. The molecular weight excluding hydrogens is 590 g/mol. The zero-order valence-electron chi connectivity index (χ0n) is 26.9. The van der Waals surface area contributed by atoms with E-state index in [1.807, 2.05) is 32.9 Å². The third-order valence-corrected chi connectivity index (χ3v) is 7.61. The fraction of sp³-hybridized carbons (Fsp3) is 0.441. The van der Waals surface area contributed by atoms with Gasteiger partial charge in [0.2, 0.25) is 5.91 Å². The second kappa shape index (κ2) is 14.0. The van der Waals surface area contributed by atoms with Crippen LogP contribution in [0.1, 0.15) is 77.7 Å². The first-order valence-corrected chi connectivity index (χ1v) is 14.7. The third kappa shape index (κ3) is 8.59. The number of hydrogen-bond acceptors (Lipinski definition) is 4. The van der Waals surface area contributed by atoms with Crippen LogP contribution in [-0.4, -0.2) is 40.5 Å². The van der Waals surface area contributed by atoms with Crippen molar-refractivity contribution in [3.05, 3.63) is 91.6 Å². The van der Waals surface area contributed by atoms with Crippen LogP contribution in [0.3, 0.4) is 0 Å². The van der Waals surface area contributed by atoms with Crippen LogP contribution in [0.4, 0.5) is 17.6 Å². The first-order valence-electron chi connectivity index (χ1n) is 14.7. The summed E-state index contributed by atoms with van der Waals surface area (Å²) in [5.41, 5.74) is 2.30. The van der Waals surface area contributed by atoms with Crippen LogP contribution < -0.4 is 10.9 Å². The van der Waals surface area contributed by atoms with Crippen LogP contribution in [0.5, 0.6) is 0 Å². The highest BCUT2D eigenvalue weighted by Gasteiger charge is 2.36. The van der Waals surface area contributed by atoms with E-state index in [1.165, 1.54) is 11.0 Å². The molecule has 1 unspecified atom stereocenters. The first kappa shape index (κ1) is 35.5. The number of amides is 1. The second-order valence-corrected chi connectivity index (χ2v) is 12.5. The predicted molar refractivity (Wildman–Crippen MR) is 166 cm³/mol. The number of hydrogen-bond donors (Lipinski definition) is 2. The average Bonchev–Trinajstić information content (AvgIpc) is 2.87. The summed E-state index contributed by atoms with van der Waals surface area (Å²) >= 11 is 0. The molecule has 7 nitrogen and oxygen atoms in total.